The first-order chi connectivity index (χ1) is 10.3. The van der Waals surface area contributed by atoms with Crippen molar-refractivity contribution in [2.45, 2.75) is 25.4 Å². The SMILES string of the molecule is Cn1cc(-c2ccc(CCNC(=O)CCC(F)(F)F)s2)cn1. The van der Waals surface area contributed by atoms with Gasteiger partial charge in [0.1, 0.15) is 0 Å². The molecule has 2 aromatic heterocycles. The molecule has 2 aromatic rings. The van der Waals surface area contributed by atoms with Crippen LogP contribution < -0.4 is 5.32 Å². The zero-order valence-corrected chi connectivity index (χ0v) is 12.8. The maximum absolute atomic E-state index is 12.0. The van der Waals surface area contributed by atoms with Gasteiger partial charge in [-0.05, 0) is 18.6 Å². The minimum absolute atomic E-state index is 0.337. The number of alkyl halides is 3. The van der Waals surface area contributed by atoms with Crippen molar-refractivity contribution in [1.82, 2.24) is 15.1 Å². The lowest BCUT2D eigenvalue weighted by atomic mass is 10.2. The van der Waals surface area contributed by atoms with Crippen molar-refractivity contribution in [1.29, 1.82) is 0 Å². The molecule has 4 nitrogen and oxygen atoms in total. The van der Waals surface area contributed by atoms with Crippen LogP contribution in [0.1, 0.15) is 17.7 Å². The van der Waals surface area contributed by atoms with Crippen LogP contribution in [0.3, 0.4) is 0 Å². The van der Waals surface area contributed by atoms with Gasteiger partial charge in [0.2, 0.25) is 5.91 Å². The molecule has 1 amide bonds. The van der Waals surface area contributed by atoms with Crippen molar-refractivity contribution >= 4 is 17.2 Å². The topological polar surface area (TPSA) is 46.9 Å². The number of carbonyl (C=O) groups excluding carboxylic acids is 1. The number of thiophene rings is 1. The lowest BCUT2D eigenvalue weighted by Crippen LogP contribution is -2.26. The molecule has 0 bridgehead atoms. The Kier molecular flexibility index (Phi) is 5.23. The first-order valence-electron chi connectivity index (χ1n) is 6.75. The quantitative estimate of drug-likeness (QED) is 0.884. The number of nitrogens with one attached hydrogen (secondary N) is 1. The van der Waals surface area contributed by atoms with Crippen LogP contribution in [-0.2, 0) is 18.3 Å². The molecular formula is C14H16F3N3OS. The summed E-state index contributed by atoms with van der Waals surface area (Å²) in [5.41, 5.74) is 1.02. The highest BCUT2D eigenvalue weighted by molar-refractivity contribution is 7.15. The molecule has 2 rings (SSSR count). The third-order valence-electron chi connectivity index (χ3n) is 2.98. The van der Waals surface area contributed by atoms with Crippen LogP contribution in [0.2, 0.25) is 0 Å². The second kappa shape index (κ2) is 6.95. The minimum Gasteiger partial charge on any atom is -0.356 e. The summed E-state index contributed by atoms with van der Waals surface area (Å²) in [6.45, 7) is 0.337. The first kappa shape index (κ1) is 16.5. The predicted octanol–water partition coefficient (Wildman–Crippen LogP) is 3.15. The lowest BCUT2D eigenvalue weighted by molar-refractivity contribution is -0.144. The molecular weight excluding hydrogens is 315 g/mol. The normalized spacial score (nSPS) is 11.6. The van der Waals surface area contributed by atoms with Gasteiger partial charge >= 0.3 is 6.18 Å². The van der Waals surface area contributed by atoms with Gasteiger partial charge in [0.15, 0.2) is 0 Å². The molecule has 0 saturated heterocycles. The van der Waals surface area contributed by atoms with Crippen LogP contribution in [0.4, 0.5) is 13.2 Å². The molecule has 0 aliphatic rings. The summed E-state index contributed by atoms with van der Waals surface area (Å²) in [6.07, 6.45) is -1.60. The Balaban J connectivity index is 1.76. The minimum atomic E-state index is -4.29. The van der Waals surface area contributed by atoms with Gasteiger partial charge < -0.3 is 5.32 Å². The van der Waals surface area contributed by atoms with Gasteiger partial charge in [-0.25, -0.2) is 0 Å². The Morgan fingerprint density at radius 1 is 1.41 bits per heavy atom. The van der Waals surface area contributed by atoms with Crippen molar-refractivity contribution in [2.24, 2.45) is 7.05 Å². The number of rotatable bonds is 6. The van der Waals surface area contributed by atoms with E-state index < -0.39 is 24.9 Å². The van der Waals surface area contributed by atoms with Crippen LogP contribution in [0, 0.1) is 0 Å². The van der Waals surface area contributed by atoms with Gasteiger partial charge in [0, 0.05) is 41.5 Å². The third kappa shape index (κ3) is 5.18. The molecule has 0 aromatic carbocycles. The Morgan fingerprint density at radius 2 is 2.18 bits per heavy atom. The summed E-state index contributed by atoms with van der Waals surface area (Å²) in [7, 11) is 1.84. The Labute approximate surface area is 129 Å². The summed E-state index contributed by atoms with van der Waals surface area (Å²) >= 11 is 1.58. The fourth-order valence-electron chi connectivity index (χ4n) is 1.88. The molecule has 0 aliphatic heterocycles. The highest BCUT2D eigenvalue weighted by Gasteiger charge is 2.27. The Morgan fingerprint density at radius 3 is 2.82 bits per heavy atom. The zero-order valence-electron chi connectivity index (χ0n) is 12.0. The maximum Gasteiger partial charge on any atom is 0.389 e. The van der Waals surface area contributed by atoms with Crippen LogP contribution in [0.15, 0.2) is 24.5 Å². The summed E-state index contributed by atoms with van der Waals surface area (Å²) in [5, 5.41) is 6.61. The summed E-state index contributed by atoms with van der Waals surface area (Å²) < 4.78 is 37.7. The molecule has 2 heterocycles. The van der Waals surface area contributed by atoms with Crippen molar-refractivity contribution in [3.8, 4) is 10.4 Å². The molecule has 120 valence electrons. The van der Waals surface area contributed by atoms with E-state index in [0.29, 0.717) is 13.0 Å². The average Bonchev–Trinajstić information content (AvgIpc) is 3.04. The highest BCUT2D eigenvalue weighted by atomic mass is 32.1. The van der Waals surface area contributed by atoms with Crippen molar-refractivity contribution in [3.63, 3.8) is 0 Å². The number of halogens is 3. The molecule has 0 fully saturated rings. The molecule has 8 heteroatoms. The summed E-state index contributed by atoms with van der Waals surface area (Å²) in [4.78, 5) is 13.4. The summed E-state index contributed by atoms with van der Waals surface area (Å²) in [6, 6.07) is 3.93. The van der Waals surface area contributed by atoms with E-state index in [2.05, 4.69) is 10.4 Å². The predicted molar refractivity (Wildman–Crippen MR) is 78.5 cm³/mol. The third-order valence-corrected chi connectivity index (χ3v) is 4.17. The van der Waals surface area contributed by atoms with Crippen LogP contribution >= 0.6 is 11.3 Å². The number of aromatic nitrogens is 2. The lowest BCUT2D eigenvalue weighted by Gasteiger charge is -2.06. The van der Waals surface area contributed by atoms with Gasteiger partial charge in [-0.2, -0.15) is 18.3 Å². The van der Waals surface area contributed by atoms with E-state index in [1.54, 1.807) is 22.2 Å². The molecule has 22 heavy (non-hydrogen) atoms. The smallest absolute Gasteiger partial charge is 0.356 e. The van der Waals surface area contributed by atoms with Gasteiger partial charge in [-0.3, -0.25) is 9.48 Å². The fraction of sp³-hybridized carbons (Fsp3) is 0.429. The fourth-order valence-corrected chi connectivity index (χ4v) is 2.87. The van der Waals surface area contributed by atoms with Crippen molar-refractivity contribution in [2.75, 3.05) is 6.54 Å². The van der Waals surface area contributed by atoms with E-state index in [1.165, 1.54) is 0 Å². The van der Waals surface area contributed by atoms with Gasteiger partial charge in [-0.1, -0.05) is 0 Å². The van der Waals surface area contributed by atoms with Gasteiger partial charge in [0.25, 0.3) is 0 Å². The van der Waals surface area contributed by atoms with E-state index in [1.807, 2.05) is 25.4 Å². The monoisotopic (exact) mass is 331 g/mol. The zero-order chi connectivity index (χ0) is 16.2. The van der Waals surface area contributed by atoms with E-state index in [4.69, 9.17) is 0 Å². The second-order valence-electron chi connectivity index (χ2n) is 4.88. The molecule has 0 aliphatic carbocycles. The van der Waals surface area contributed by atoms with E-state index in [0.717, 1.165) is 15.3 Å². The average molecular weight is 331 g/mol. The van der Waals surface area contributed by atoms with Crippen LogP contribution in [0.5, 0.6) is 0 Å². The first-order valence-corrected chi connectivity index (χ1v) is 7.56. The van der Waals surface area contributed by atoms with Gasteiger partial charge in [-0.15, -0.1) is 11.3 Å². The Hall–Kier alpha value is -1.83. The maximum atomic E-state index is 12.0. The molecule has 0 atom stereocenters. The van der Waals surface area contributed by atoms with E-state index in [-0.39, 0.29) is 0 Å². The number of carbonyl (C=O) groups is 1. The highest BCUT2D eigenvalue weighted by Crippen LogP contribution is 2.27. The number of nitrogens with zero attached hydrogens (tertiary/aromatic N) is 2. The largest absolute Gasteiger partial charge is 0.389 e. The standard InChI is InChI=1S/C14H16F3N3OS/c1-20-9-10(8-19-20)12-3-2-11(22-12)5-7-18-13(21)4-6-14(15,16)17/h2-3,8-9H,4-7H2,1H3,(H,18,21). The van der Waals surface area contributed by atoms with Crippen LogP contribution in [0.25, 0.3) is 10.4 Å². The van der Waals surface area contributed by atoms with E-state index >= 15 is 0 Å². The van der Waals surface area contributed by atoms with Gasteiger partial charge in [0.05, 0.1) is 12.6 Å². The van der Waals surface area contributed by atoms with Crippen molar-refractivity contribution in [3.05, 3.63) is 29.4 Å². The molecule has 1 N–H and O–H groups in total. The second-order valence-corrected chi connectivity index (χ2v) is 6.05. The molecule has 0 unspecified atom stereocenters. The molecule has 0 saturated carbocycles. The number of aryl methyl sites for hydroxylation is 1. The van der Waals surface area contributed by atoms with Crippen molar-refractivity contribution < 1.29 is 18.0 Å². The molecule has 0 radical (unpaired) electrons. The molecule has 0 spiro atoms. The summed E-state index contributed by atoms with van der Waals surface area (Å²) in [5.74, 6) is -0.568. The van der Waals surface area contributed by atoms with E-state index in [9.17, 15) is 18.0 Å². The Bertz CT molecular complexity index is 633. The number of amides is 1. The number of hydrogen-bond acceptors (Lipinski definition) is 3. The van der Waals surface area contributed by atoms with Crippen LogP contribution in [-0.4, -0.2) is 28.4 Å². The number of hydrogen-bond donors (Lipinski definition) is 1.